The van der Waals surface area contributed by atoms with Crippen LogP contribution in [0.3, 0.4) is 0 Å². The SMILES string of the molecule is O=C1NC(=O)C2(C(=O)N1)C1C(=O)N(c3ccccc3)C(=O)C1C1CCCN12. The van der Waals surface area contributed by atoms with Gasteiger partial charge in [0.25, 0.3) is 11.8 Å². The van der Waals surface area contributed by atoms with Crippen LogP contribution in [0.4, 0.5) is 10.5 Å². The van der Waals surface area contributed by atoms with Crippen LogP contribution in [-0.4, -0.2) is 52.7 Å². The monoisotopic (exact) mass is 368 g/mol. The third-order valence-corrected chi connectivity index (χ3v) is 6.13. The minimum absolute atomic E-state index is 0.384. The van der Waals surface area contributed by atoms with Crippen molar-refractivity contribution in [3.05, 3.63) is 30.3 Å². The first-order chi connectivity index (χ1) is 13.0. The second-order valence-corrected chi connectivity index (χ2v) is 7.26. The molecule has 3 unspecified atom stereocenters. The molecule has 1 spiro atoms. The van der Waals surface area contributed by atoms with Crippen LogP contribution in [0.1, 0.15) is 12.8 Å². The van der Waals surface area contributed by atoms with Gasteiger partial charge in [0.15, 0.2) is 5.54 Å². The molecule has 2 N–H and O–H groups in total. The lowest BCUT2D eigenvalue weighted by Crippen LogP contribution is -2.74. The lowest BCUT2D eigenvalue weighted by molar-refractivity contribution is -0.151. The zero-order chi connectivity index (χ0) is 18.9. The number of hydrogen-bond acceptors (Lipinski definition) is 6. The van der Waals surface area contributed by atoms with Crippen LogP contribution in [0.25, 0.3) is 0 Å². The maximum absolute atomic E-state index is 13.3. The molecule has 5 rings (SSSR count). The molecule has 27 heavy (non-hydrogen) atoms. The molecule has 0 radical (unpaired) electrons. The number of urea groups is 1. The summed E-state index contributed by atoms with van der Waals surface area (Å²) in [4.78, 5) is 66.6. The standard InChI is InChI=1S/C18H16N4O5/c23-13-11-10-7-4-8-21(10)18(15(25)19-17(27)20-16(18)26)12(11)14(24)22(13)9-5-2-1-3-6-9/h1-3,5-6,10-12H,4,7-8H2,(H2,19,20,25,26,27). The number of carbonyl (C=O) groups excluding carboxylic acids is 5. The fourth-order valence-electron chi connectivity index (χ4n) is 5.21. The number of nitrogens with one attached hydrogen (secondary N) is 2. The molecular formula is C18H16N4O5. The number of benzene rings is 1. The molecule has 9 nitrogen and oxygen atoms in total. The molecule has 4 heterocycles. The molecular weight excluding hydrogens is 352 g/mol. The second-order valence-electron chi connectivity index (χ2n) is 7.26. The number of anilines is 1. The highest BCUT2D eigenvalue weighted by molar-refractivity contribution is 6.31. The Morgan fingerprint density at radius 2 is 1.59 bits per heavy atom. The molecule has 0 bridgehead atoms. The van der Waals surface area contributed by atoms with Crippen LogP contribution in [0.5, 0.6) is 0 Å². The number of para-hydroxylation sites is 1. The lowest BCUT2D eigenvalue weighted by Gasteiger charge is -2.40. The third kappa shape index (κ3) is 1.79. The lowest BCUT2D eigenvalue weighted by atomic mass is 9.77. The first-order valence-electron chi connectivity index (χ1n) is 8.84. The number of hydrogen-bond donors (Lipinski definition) is 2. The Morgan fingerprint density at radius 3 is 2.26 bits per heavy atom. The second kappa shape index (κ2) is 5.23. The van der Waals surface area contributed by atoms with E-state index in [9.17, 15) is 24.0 Å². The molecule has 138 valence electrons. The van der Waals surface area contributed by atoms with Crippen molar-refractivity contribution >= 4 is 35.3 Å². The van der Waals surface area contributed by atoms with Gasteiger partial charge >= 0.3 is 6.03 Å². The highest BCUT2D eigenvalue weighted by atomic mass is 16.2. The number of fused-ring (bicyclic) bond motifs is 5. The van der Waals surface area contributed by atoms with Gasteiger partial charge in [-0.15, -0.1) is 0 Å². The van der Waals surface area contributed by atoms with Crippen molar-refractivity contribution < 1.29 is 24.0 Å². The molecule has 4 saturated heterocycles. The summed E-state index contributed by atoms with van der Waals surface area (Å²) >= 11 is 0. The molecule has 3 atom stereocenters. The first-order valence-corrected chi connectivity index (χ1v) is 8.84. The molecule has 0 aliphatic carbocycles. The van der Waals surface area contributed by atoms with Gasteiger partial charge in [0.2, 0.25) is 11.8 Å². The van der Waals surface area contributed by atoms with E-state index in [0.29, 0.717) is 25.1 Å². The minimum atomic E-state index is -1.87. The zero-order valence-corrected chi connectivity index (χ0v) is 14.2. The normalized spacial score (nSPS) is 31.9. The fraction of sp³-hybridized carbons (Fsp3) is 0.389. The summed E-state index contributed by atoms with van der Waals surface area (Å²) in [6.45, 7) is 0.415. The molecule has 0 aromatic heterocycles. The number of nitrogens with zero attached hydrogens (tertiary/aromatic N) is 2. The molecule has 0 saturated carbocycles. The topological polar surface area (TPSA) is 116 Å². The Labute approximate surface area is 153 Å². The van der Waals surface area contributed by atoms with Crippen LogP contribution in [0, 0.1) is 11.8 Å². The van der Waals surface area contributed by atoms with Gasteiger partial charge in [0, 0.05) is 12.6 Å². The maximum atomic E-state index is 13.3. The van der Waals surface area contributed by atoms with Crippen LogP contribution in [-0.2, 0) is 19.2 Å². The van der Waals surface area contributed by atoms with E-state index in [2.05, 4.69) is 10.6 Å². The summed E-state index contributed by atoms with van der Waals surface area (Å²) in [7, 11) is 0. The highest BCUT2D eigenvalue weighted by Gasteiger charge is 2.76. The van der Waals surface area contributed by atoms with Crippen LogP contribution >= 0.6 is 0 Å². The maximum Gasteiger partial charge on any atom is 0.328 e. The average molecular weight is 368 g/mol. The predicted molar refractivity (Wildman–Crippen MR) is 90.1 cm³/mol. The predicted octanol–water partition coefficient (Wildman–Crippen LogP) is -0.625. The zero-order valence-electron chi connectivity index (χ0n) is 14.2. The highest BCUT2D eigenvalue weighted by Crippen LogP contribution is 2.53. The van der Waals surface area contributed by atoms with Crippen LogP contribution < -0.4 is 15.5 Å². The van der Waals surface area contributed by atoms with Crippen LogP contribution in [0.2, 0.25) is 0 Å². The molecule has 1 aromatic carbocycles. The molecule has 4 aliphatic rings. The number of carbonyl (C=O) groups is 5. The quantitative estimate of drug-likeness (QED) is 0.504. The van der Waals surface area contributed by atoms with Crippen molar-refractivity contribution in [2.75, 3.05) is 11.4 Å². The van der Waals surface area contributed by atoms with E-state index in [0.717, 1.165) is 4.90 Å². The third-order valence-electron chi connectivity index (χ3n) is 6.13. The van der Waals surface area contributed by atoms with Gasteiger partial charge in [-0.1, -0.05) is 18.2 Å². The summed E-state index contributed by atoms with van der Waals surface area (Å²) < 4.78 is 0. The first kappa shape index (κ1) is 16.1. The van der Waals surface area contributed by atoms with Gasteiger partial charge in [0.1, 0.15) is 0 Å². The molecule has 4 fully saturated rings. The molecule has 4 aliphatic heterocycles. The Balaban J connectivity index is 1.67. The fourth-order valence-corrected chi connectivity index (χ4v) is 5.21. The van der Waals surface area contributed by atoms with Crippen molar-refractivity contribution in [2.45, 2.75) is 24.4 Å². The number of rotatable bonds is 1. The Hall–Kier alpha value is -3.07. The number of imide groups is 3. The average Bonchev–Trinajstić information content (AvgIpc) is 3.26. The van der Waals surface area contributed by atoms with E-state index in [1.165, 1.54) is 0 Å². The molecule has 6 amide bonds. The van der Waals surface area contributed by atoms with E-state index < -0.39 is 47.0 Å². The van der Waals surface area contributed by atoms with Gasteiger partial charge in [-0.2, -0.15) is 0 Å². The van der Waals surface area contributed by atoms with Crippen molar-refractivity contribution in [1.82, 2.24) is 15.5 Å². The smallest absolute Gasteiger partial charge is 0.277 e. The molecule has 9 heteroatoms. The summed E-state index contributed by atoms with van der Waals surface area (Å²) in [6, 6.07) is 7.17. The number of barbiturate groups is 1. The Bertz CT molecular complexity index is 894. The van der Waals surface area contributed by atoms with Gasteiger partial charge in [0.05, 0.1) is 17.5 Å². The molecule has 1 aromatic rings. The largest absolute Gasteiger partial charge is 0.328 e. The van der Waals surface area contributed by atoms with Crippen molar-refractivity contribution in [3.8, 4) is 0 Å². The van der Waals surface area contributed by atoms with Crippen molar-refractivity contribution in [1.29, 1.82) is 0 Å². The van der Waals surface area contributed by atoms with Gasteiger partial charge in [-0.3, -0.25) is 34.7 Å². The van der Waals surface area contributed by atoms with E-state index >= 15 is 0 Å². The van der Waals surface area contributed by atoms with E-state index in [-0.39, 0.29) is 6.04 Å². The van der Waals surface area contributed by atoms with Crippen molar-refractivity contribution in [2.24, 2.45) is 11.8 Å². The number of amides is 6. The van der Waals surface area contributed by atoms with E-state index in [1.54, 1.807) is 35.2 Å². The summed E-state index contributed by atoms with van der Waals surface area (Å²) in [6.07, 6.45) is 1.32. The van der Waals surface area contributed by atoms with Gasteiger partial charge < -0.3 is 0 Å². The Morgan fingerprint density at radius 1 is 0.926 bits per heavy atom. The van der Waals surface area contributed by atoms with Crippen molar-refractivity contribution in [3.63, 3.8) is 0 Å². The van der Waals surface area contributed by atoms with E-state index in [4.69, 9.17) is 0 Å². The summed E-state index contributed by atoms with van der Waals surface area (Å²) in [5.41, 5.74) is -1.45. The summed E-state index contributed by atoms with van der Waals surface area (Å²) in [5, 5.41) is 4.25. The van der Waals surface area contributed by atoms with E-state index in [1.807, 2.05) is 0 Å². The van der Waals surface area contributed by atoms with Gasteiger partial charge in [-0.25, -0.2) is 9.69 Å². The van der Waals surface area contributed by atoms with Gasteiger partial charge in [-0.05, 0) is 25.0 Å². The summed E-state index contributed by atoms with van der Waals surface area (Å²) in [5.74, 6) is -4.57. The minimum Gasteiger partial charge on any atom is -0.277 e. The Kier molecular flexibility index (Phi) is 3.12. The van der Waals surface area contributed by atoms with Crippen LogP contribution in [0.15, 0.2) is 30.3 Å².